The molecule has 11 heteroatoms. The molecule has 0 aromatic carbocycles. The summed E-state index contributed by atoms with van der Waals surface area (Å²) in [6.45, 7) is 1.01. The predicted octanol–water partition coefficient (Wildman–Crippen LogP) is 2.21. The molecule has 4 aromatic rings. The predicted molar refractivity (Wildman–Crippen MR) is 136 cm³/mol. The van der Waals surface area contributed by atoms with Crippen LogP contribution in [0.25, 0.3) is 28.2 Å². The van der Waals surface area contributed by atoms with Crippen molar-refractivity contribution in [2.75, 3.05) is 12.3 Å². The Balaban J connectivity index is 1.41. The number of carbonyl (C=O) groups is 2. The minimum absolute atomic E-state index is 0.0233. The summed E-state index contributed by atoms with van der Waals surface area (Å²) in [4.78, 5) is 36.5. The summed E-state index contributed by atoms with van der Waals surface area (Å²) < 4.78 is 3.24. The van der Waals surface area contributed by atoms with Crippen LogP contribution in [0.15, 0.2) is 36.8 Å². The van der Waals surface area contributed by atoms with Gasteiger partial charge in [0.15, 0.2) is 11.4 Å². The number of aromatic nitrogens is 6. The van der Waals surface area contributed by atoms with Crippen molar-refractivity contribution in [3.05, 3.63) is 48.0 Å². The fraction of sp³-hybridized carbons (Fsp3) is 0.385. The molecule has 3 atom stereocenters. The van der Waals surface area contributed by atoms with Crippen LogP contribution >= 0.6 is 0 Å². The van der Waals surface area contributed by atoms with Crippen LogP contribution in [-0.4, -0.2) is 69.7 Å². The molecule has 0 spiro atoms. The molecule has 6 rings (SSSR count). The second-order valence-electron chi connectivity index (χ2n) is 9.93. The molecule has 2 saturated heterocycles. The van der Waals surface area contributed by atoms with Crippen molar-refractivity contribution < 1.29 is 14.7 Å². The van der Waals surface area contributed by atoms with Crippen molar-refractivity contribution >= 4 is 23.2 Å². The first-order valence-electron chi connectivity index (χ1n) is 12.4. The molecular weight excluding hydrogens is 472 g/mol. The summed E-state index contributed by atoms with van der Waals surface area (Å²) in [5.74, 6) is -0.168. The van der Waals surface area contributed by atoms with Crippen LogP contribution in [0.2, 0.25) is 0 Å². The van der Waals surface area contributed by atoms with Crippen molar-refractivity contribution in [1.82, 2.24) is 34.3 Å². The van der Waals surface area contributed by atoms with Crippen LogP contribution in [0, 0.1) is 0 Å². The van der Waals surface area contributed by atoms with E-state index in [1.54, 1.807) is 17.1 Å². The maximum Gasteiger partial charge on any atom is 0.248 e. The summed E-state index contributed by atoms with van der Waals surface area (Å²) in [5.41, 5.74) is 11.3. The number of pyridine rings is 1. The number of fused-ring (bicyclic) bond motifs is 3. The molecule has 2 bridgehead atoms. The third kappa shape index (κ3) is 3.77. The van der Waals surface area contributed by atoms with Crippen LogP contribution in [0.3, 0.4) is 0 Å². The lowest BCUT2D eigenvalue weighted by Crippen LogP contribution is -2.47. The average Bonchev–Trinajstić information content (AvgIpc) is 3.59. The number of hydrogen-bond acceptors (Lipinski definition) is 8. The van der Waals surface area contributed by atoms with Crippen LogP contribution in [0.5, 0.6) is 0 Å². The van der Waals surface area contributed by atoms with E-state index < -0.39 is 6.61 Å². The Morgan fingerprint density at radius 1 is 1.11 bits per heavy atom. The lowest BCUT2D eigenvalue weighted by atomic mass is 9.85. The van der Waals surface area contributed by atoms with Gasteiger partial charge in [-0.2, -0.15) is 14.7 Å². The molecule has 37 heavy (non-hydrogen) atoms. The molecule has 2 aliphatic rings. The van der Waals surface area contributed by atoms with Gasteiger partial charge in [-0.3, -0.25) is 19.3 Å². The monoisotopic (exact) mass is 500 g/mol. The smallest absolute Gasteiger partial charge is 0.248 e. The maximum absolute atomic E-state index is 12.7. The number of aliphatic hydroxyl groups is 1. The van der Waals surface area contributed by atoms with Gasteiger partial charge < -0.3 is 15.7 Å². The quantitative estimate of drug-likeness (QED) is 0.397. The van der Waals surface area contributed by atoms with Gasteiger partial charge >= 0.3 is 0 Å². The van der Waals surface area contributed by atoms with Gasteiger partial charge in [0, 0.05) is 48.6 Å². The number of aryl methyl sites for hydroxylation is 1. The Kier molecular flexibility index (Phi) is 5.52. The minimum atomic E-state index is -0.486. The lowest BCUT2D eigenvalue weighted by Gasteiger charge is -2.39. The number of nitrogens with zero attached hydrogens (tertiary/aromatic N) is 7. The number of hydrogen-bond donors (Lipinski definition) is 2. The number of Topliss-reactive ketones (excluding diaryl/α,β-unsaturated/α-hetero) is 1. The summed E-state index contributed by atoms with van der Waals surface area (Å²) in [6, 6.07) is 5.80. The molecule has 4 aromatic heterocycles. The highest BCUT2D eigenvalue weighted by Crippen LogP contribution is 2.44. The van der Waals surface area contributed by atoms with Gasteiger partial charge in [0.2, 0.25) is 5.91 Å². The number of carbonyl (C=O) groups excluding carboxylic acids is 2. The molecule has 0 unspecified atom stereocenters. The van der Waals surface area contributed by atoms with Gasteiger partial charge in [0.25, 0.3) is 0 Å². The van der Waals surface area contributed by atoms with Crippen molar-refractivity contribution in [2.45, 2.75) is 50.6 Å². The third-order valence-corrected chi connectivity index (χ3v) is 7.66. The van der Waals surface area contributed by atoms with Gasteiger partial charge in [-0.15, -0.1) is 0 Å². The largest absolute Gasteiger partial charge is 0.387 e. The van der Waals surface area contributed by atoms with Gasteiger partial charge in [0.05, 0.1) is 23.1 Å². The van der Waals surface area contributed by atoms with E-state index in [0.29, 0.717) is 29.7 Å². The summed E-state index contributed by atoms with van der Waals surface area (Å²) in [6.07, 6.45) is 8.43. The molecule has 0 aliphatic carbocycles. The second kappa shape index (κ2) is 8.77. The molecule has 1 amide bonds. The van der Waals surface area contributed by atoms with E-state index in [-0.39, 0.29) is 35.5 Å². The number of anilines is 1. The molecule has 2 aliphatic heterocycles. The Bertz CT molecular complexity index is 1510. The topological polar surface area (TPSA) is 145 Å². The van der Waals surface area contributed by atoms with Crippen molar-refractivity contribution in [3.63, 3.8) is 0 Å². The highest BCUT2D eigenvalue weighted by atomic mass is 16.3. The van der Waals surface area contributed by atoms with Crippen LogP contribution < -0.4 is 5.73 Å². The Hall–Kier alpha value is -4.12. The van der Waals surface area contributed by atoms with Crippen LogP contribution in [-0.2, 0) is 11.8 Å². The number of amides is 1. The Morgan fingerprint density at radius 2 is 1.86 bits per heavy atom. The van der Waals surface area contributed by atoms with Crippen molar-refractivity contribution in [3.8, 4) is 22.5 Å². The molecule has 6 heterocycles. The van der Waals surface area contributed by atoms with Gasteiger partial charge in [-0.05, 0) is 44.7 Å². The number of aliphatic hydroxyl groups excluding tert-OH is 1. The molecular formula is C26H28N8O3. The van der Waals surface area contributed by atoms with E-state index in [1.807, 2.05) is 36.3 Å². The minimum Gasteiger partial charge on any atom is -0.387 e. The third-order valence-electron chi connectivity index (χ3n) is 7.66. The highest BCUT2D eigenvalue weighted by Gasteiger charge is 2.44. The van der Waals surface area contributed by atoms with E-state index in [2.05, 4.69) is 15.2 Å². The Morgan fingerprint density at radius 3 is 2.46 bits per heavy atom. The summed E-state index contributed by atoms with van der Waals surface area (Å²) in [7, 11) is 1.86. The van der Waals surface area contributed by atoms with Crippen LogP contribution in [0.4, 0.5) is 5.82 Å². The fourth-order valence-electron chi connectivity index (χ4n) is 6.04. The summed E-state index contributed by atoms with van der Waals surface area (Å²) in [5, 5.41) is 18.3. The standard InChI is InChI=1S/C26H28N8O3/c1-14(36)23-24(16-9-17-4-5-18(10-16)33(17)22(37)13-35)30-26-19(12-29-34(26)25(23)27)15-3-6-20(28-11-15)21-7-8-32(2)31-21/h3,6-8,11-12,16-18,35H,4-5,9-10,13,27H2,1-2H3/t16-,17+,18-. The maximum atomic E-state index is 12.7. The molecule has 3 N–H and O–H groups in total. The normalized spacial score (nSPS) is 21.1. The van der Waals surface area contributed by atoms with Crippen molar-refractivity contribution in [2.24, 2.45) is 7.05 Å². The number of nitrogens with two attached hydrogens (primary N) is 1. The number of nitrogen functional groups attached to an aromatic ring is 1. The highest BCUT2D eigenvalue weighted by molar-refractivity contribution is 6.00. The summed E-state index contributed by atoms with van der Waals surface area (Å²) >= 11 is 0. The fourth-order valence-corrected chi connectivity index (χ4v) is 6.04. The molecule has 190 valence electrons. The molecule has 11 nitrogen and oxygen atoms in total. The SMILES string of the molecule is CC(=O)c1c([C@H]2C[C@H]3CC[C@@H](C2)N3C(=O)CO)nc2c(-c3ccc(-c4ccn(C)n4)nc3)cnn2c1N. The van der Waals surface area contributed by atoms with Gasteiger partial charge in [0.1, 0.15) is 18.1 Å². The zero-order valence-electron chi connectivity index (χ0n) is 20.7. The first kappa shape index (κ1) is 23.3. The number of piperidine rings is 1. The zero-order chi connectivity index (χ0) is 25.8. The van der Waals surface area contributed by atoms with E-state index in [4.69, 9.17) is 10.7 Å². The van der Waals surface area contributed by atoms with Crippen LogP contribution in [0.1, 0.15) is 54.6 Å². The average molecular weight is 501 g/mol. The van der Waals surface area contributed by atoms with Gasteiger partial charge in [-0.25, -0.2) is 4.98 Å². The first-order valence-corrected chi connectivity index (χ1v) is 12.4. The van der Waals surface area contributed by atoms with Gasteiger partial charge in [-0.1, -0.05) is 6.07 Å². The van der Waals surface area contributed by atoms with E-state index >= 15 is 0 Å². The number of ketones is 1. The van der Waals surface area contributed by atoms with E-state index in [1.165, 1.54) is 11.4 Å². The second-order valence-corrected chi connectivity index (χ2v) is 9.93. The lowest BCUT2D eigenvalue weighted by molar-refractivity contribution is -0.138. The number of rotatable bonds is 5. The Labute approximate surface area is 212 Å². The van der Waals surface area contributed by atoms with E-state index in [9.17, 15) is 14.7 Å². The van der Waals surface area contributed by atoms with E-state index in [0.717, 1.165) is 35.4 Å². The molecule has 0 radical (unpaired) electrons. The first-order chi connectivity index (χ1) is 17.9. The molecule has 0 saturated carbocycles. The molecule has 2 fully saturated rings. The zero-order valence-corrected chi connectivity index (χ0v) is 20.7. The van der Waals surface area contributed by atoms with Crippen molar-refractivity contribution in [1.29, 1.82) is 0 Å².